The van der Waals surface area contributed by atoms with Crippen LogP contribution in [0.4, 0.5) is 6.01 Å². The van der Waals surface area contributed by atoms with Gasteiger partial charge < -0.3 is 14.2 Å². The number of nitrogens with zero attached hydrogens (tertiary/aromatic N) is 7. The maximum atomic E-state index is 11.6. The van der Waals surface area contributed by atoms with E-state index in [0.717, 1.165) is 48.4 Å². The van der Waals surface area contributed by atoms with Gasteiger partial charge in [0.1, 0.15) is 22.1 Å². The van der Waals surface area contributed by atoms with E-state index in [1.807, 2.05) is 19.9 Å². The Morgan fingerprint density at radius 2 is 1.83 bits per heavy atom. The number of piperidine rings is 1. The number of thiazole rings is 1. The van der Waals surface area contributed by atoms with Crippen LogP contribution in [0.15, 0.2) is 34.1 Å². The number of anilines is 1. The van der Waals surface area contributed by atoms with Crippen LogP contribution in [0.1, 0.15) is 45.4 Å². The average Bonchev–Trinajstić information content (AvgIpc) is 3.50. The van der Waals surface area contributed by atoms with Crippen molar-refractivity contribution in [3.63, 3.8) is 0 Å². The van der Waals surface area contributed by atoms with Crippen LogP contribution in [0.5, 0.6) is 5.19 Å². The van der Waals surface area contributed by atoms with E-state index in [0.29, 0.717) is 28.5 Å². The van der Waals surface area contributed by atoms with Gasteiger partial charge in [0.15, 0.2) is 20.7 Å². The minimum absolute atomic E-state index is 0.00417. The lowest BCUT2D eigenvalue weighted by atomic mass is 9.92. The number of ether oxygens (including phenoxy) is 1. The fourth-order valence-electron chi connectivity index (χ4n) is 4.03. The molecule has 13 heteroatoms. The van der Waals surface area contributed by atoms with Gasteiger partial charge in [-0.25, -0.2) is 28.4 Å². The fraction of sp³-hybridized carbons (Fsp3) is 0.478. The van der Waals surface area contributed by atoms with Gasteiger partial charge in [0, 0.05) is 25.3 Å². The summed E-state index contributed by atoms with van der Waals surface area (Å²) in [5.74, 6) is 1.35. The first-order valence-corrected chi connectivity index (χ1v) is 14.4. The fourth-order valence-corrected chi connectivity index (χ4v) is 5.39. The SMILES string of the molecule is CC(C)c1noc(N2CCC(C(C)Oc3nc4ccc(-c5cnc(S(C)(=O)=O)cn5)nc4s3)CC2)n1. The largest absolute Gasteiger partial charge is 0.467 e. The normalized spacial score (nSPS) is 16.1. The first-order chi connectivity index (χ1) is 17.2. The van der Waals surface area contributed by atoms with Crippen LogP contribution in [0.2, 0.25) is 0 Å². The predicted molar refractivity (Wildman–Crippen MR) is 135 cm³/mol. The molecule has 190 valence electrons. The highest BCUT2D eigenvalue weighted by molar-refractivity contribution is 7.90. The minimum atomic E-state index is -3.41. The molecule has 5 heterocycles. The smallest absolute Gasteiger partial charge is 0.324 e. The van der Waals surface area contributed by atoms with Crippen LogP contribution in [-0.2, 0) is 9.84 Å². The van der Waals surface area contributed by atoms with Crippen molar-refractivity contribution in [3.05, 3.63) is 30.4 Å². The number of sulfone groups is 1. The summed E-state index contributed by atoms with van der Waals surface area (Å²) in [5.41, 5.74) is 1.81. The standard InChI is InChI=1S/C23H27N7O4S2/c1-13(2)20-28-22(34-29-20)30-9-7-15(8-10-30)14(3)33-23-27-17-6-5-16(26-21(17)35-23)18-11-25-19(12-24-18)36(4,31)32/h5-6,11-15H,7-10H2,1-4H3. The van der Waals surface area contributed by atoms with Crippen LogP contribution in [0.3, 0.4) is 0 Å². The summed E-state index contributed by atoms with van der Waals surface area (Å²) in [5, 5.41) is 4.56. The molecule has 5 rings (SSSR count). The van der Waals surface area contributed by atoms with E-state index in [-0.39, 0.29) is 17.0 Å². The van der Waals surface area contributed by atoms with Crippen molar-refractivity contribution in [3.8, 4) is 16.6 Å². The maximum absolute atomic E-state index is 11.6. The van der Waals surface area contributed by atoms with Crippen LogP contribution in [-0.4, -0.2) is 63.9 Å². The quantitative estimate of drug-likeness (QED) is 0.346. The third kappa shape index (κ3) is 5.16. The van der Waals surface area contributed by atoms with Crippen LogP contribution < -0.4 is 9.64 Å². The Balaban J connectivity index is 1.22. The van der Waals surface area contributed by atoms with E-state index >= 15 is 0 Å². The number of aromatic nitrogens is 6. The maximum Gasteiger partial charge on any atom is 0.324 e. The zero-order chi connectivity index (χ0) is 25.4. The Hall–Kier alpha value is -3.19. The number of pyridine rings is 1. The molecule has 1 fully saturated rings. The van der Waals surface area contributed by atoms with Gasteiger partial charge in [-0.1, -0.05) is 30.3 Å². The summed E-state index contributed by atoms with van der Waals surface area (Å²) < 4.78 is 34.9. The van der Waals surface area contributed by atoms with Crippen molar-refractivity contribution in [2.45, 2.75) is 50.7 Å². The summed E-state index contributed by atoms with van der Waals surface area (Å²) in [6.07, 6.45) is 5.66. The van der Waals surface area contributed by atoms with Crippen LogP contribution in [0.25, 0.3) is 21.7 Å². The molecule has 0 N–H and O–H groups in total. The van der Waals surface area contributed by atoms with Crippen molar-refractivity contribution in [2.24, 2.45) is 5.92 Å². The molecule has 1 aliphatic heterocycles. The molecular weight excluding hydrogens is 502 g/mol. The first-order valence-electron chi connectivity index (χ1n) is 11.7. The van der Waals surface area contributed by atoms with Gasteiger partial charge in [-0.3, -0.25) is 0 Å². The van der Waals surface area contributed by atoms with Gasteiger partial charge in [-0.05, 0) is 37.8 Å². The molecule has 0 saturated carbocycles. The summed E-state index contributed by atoms with van der Waals surface area (Å²) in [6.45, 7) is 7.84. The summed E-state index contributed by atoms with van der Waals surface area (Å²) in [7, 11) is -3.41. The molecule has 11 nitrogen and oxygen atoms in total. The van der Waals surface area contributed by atoms with Gasteiger partial charge in [0.05, 0.1) is 18.1 Å². The highest BCUT2D eigenvalue weighted by atomic mass is 32.2. The van der Waals surface area contributed by atoms with Crippen molar-refractivity contribution in [2.75, 3.05) is 24.2 Å². The lowest BCUT2D eigenvalue weighted by Gasteiger charge is -2.33. The van der Waals surface area contributed by atoms with E-state index in [9.17, 15) is 8.42 Å². The monoisotopic (exact) mass is 529 g/mol. The van der Waals surface area contributed by atoms with Gasteiger partial charge >= 0.3 is 6.01 Å². The molecule has 36 heavy (non-hydrogen) atoms. The molecule has 0 aliphatic carbocycles. The first kappa shape index (κ1) is 24.5. The zero-order valence-electron chi connectivity index (χ0n) is 20.4. The van der Waals surface area contributed by atoms with Gasteiger partial charge in [0.2, 0.25) is 0 Å². The Morgan fingerprint density at radius 3 is 2.47 bits per heavy atom. The highest BCUT2D eigenvalue weighted by Gasteiger charge is 2.28. The molecule has 0 amide bonds. The van der Waals surface area contributed by atoms with Crippen molar-refractivity contribution >= 4 is 37.5 Å². The van der Waals surface area contributed by atoms with E-state index in [2.05, 4.69) is 41.9 Å². The van der Waals surface area contributed by atoms with Crippen molar-refractivity contribution < 1.29 is 17.7 Å². The van der Waals surface area contributed by atoms with E-state index in [4.69, 9.17) is 9.26 Å². The summed E-state index contributed by atoms with van der Waals surface area (Å²) in [6, 6.07) is 4.23. The second-order valence-corrected chi connectivity index (χ2v) is 12.2. The second kappa shape index (κ2) is 9.69. The molecule has 0 bridgehead atoms. The topological polar surface area (TPSA) is 137 Å². The zero-order valence-corrected chi connectivity index (χ0v) is 22.1. The van der Waals surface area contributed by atoms with Crippen molar-refractivity contribution in [1.82, 2.24) is 30.1 Å². The number of hydrogen-bond acceptors (Lipinski definition) is 12. The third-order valence-electron chi connectivity index (χ3n) is 6.21. The molecule has 1 aliphatic rings. The lowest BCUT2D eigenvalue weighted by Crippen LogP contribution is -2.38. The Bertz CT molecular complexity index is 1460. The van der Waals surface area contributed by atoms with Gasteiger partial charge in [0.25, 0.3) is 5.19 Å². The second-order valence-electron chi connectivity index (χ2n) is 9.25. The number of fused-ring (bicyclic) bond motifs is 1. The molecule has 0 radical (unpaired) electrons. The van der Waals surface area contributed by atoms with Gasteiger partial charge in [-0.2, -0.15) is 4.98 Å². The molecule has 0 aromatic carbocycles. The minimum Gasteiger partial charge on any atom is -0.467 e. The number of hydrogen-bond donors (Lipinski definition) is 0. The van der Waals surface area contributed by atoms with E-state index in [1.54, 1.807) is 6.07 Å². The molecule has 1 saturated heterocycles. The highest BCUT2D eigenvalue weighted by Crippen LogP contribution is 2.32. The van der Waals surface area contributed by atoms with Crippen LogP contribution in [0, 0.1) is 5.92 Å². The molecular formula is C23H27N7O4S2. The molecule has 0 spiro atoms. The average molecular weight is 530 g/mol. The molecule has 4 aromatic rings. The summed E-state index contributed by atoms with van der Waals surface area (Å²) >= 11 is 1.38. The van der Waals surface area contributed by atoms with E-state index < -0.39 is 9.84 Å². The van der Waals surface area contributed by atoms with E-state index in [1.165, 1.54) is 23.7 Å². The Labute approximate surface area is 212 Å². The predicted octanol–water partition coefficient (Wildman–Crippen LogP) is 3.74. The number of rotatable bonds is 7. The van der Waals surface area contributed by atoms with Crippen molar-refractivity contribution in [1.29, 1.82) is 0 Å². The van der Waals surface area contributed by atoms with Gasteiger partial charge in [-0.15, -0.1) is 0 Å². The van der Waals surface area contributed by atoms with Crippen LogP contribution >= 0.6 is 11.3 Å². The lowest BCUT2D eigenvalue weighted by molar-refractivity contribution is 0.131. The Morgan fingerprint density at radius 1 is 1.06 bits per heavy atom. The molecule has 1 unspecified atom stereocenters. The molecule has 1 atom stereocenters. The summed E-state index contributed by atoms with van der Waals surface area (Å²) in [4.78, 5) is 24.8. The Kier molecular flexibility index (Phi) is 6.60. The molecule has 4 aromatic heterocycles. The third-order valence-corrected chi connectivity index (χ3v) is 8.04.